The molecular weight excluding hydrogens is 297 g/mol. The normalized spacial score (nSPS) is 12.9. The van der Waals surface area contributed by atoms with Crippen molar-refractivity contribution >= 4 is 23.4 Å². The van der Waals surface area contributed by atoms with Crippen LogP contribution in [0, 0.1) is 5.82 Å². The Balaban J connectivity index is 3.37. The second-order valence-corrected chi connectivity index (χ2v) is 4.27. The quantitative estimate of drug-likeness (QED) is 0.513. The number of hydrogen-bond acceptors (Lipinski definition) is 1. The second-order valence-electron chi connectivity index (χ2n) is 2.78. The molecule has 0 unspecified atom stereocenters. The largest absolute Gasteiger partial charge is 0.446 e. The summed E-state index contributed by atoms with van der Waals surface area (Å²) in [6.45, 7) is 0. The molecule has 9 heteroatoms. The van der Waals surface area contributed by atoms with E-state index in [-0.39, 0.29) is 0 Å². The molecule has 1 rings (SSSR count). The highest BCUT2D eigenvalue weighted by molar-refractivity contribution is 8.00. The molecule has 0 bridgehead atoms. The molecule has 0 spiro atoms. The van der Waals surface area contributed by atoms with Crippen molar-refractivity contribution < 1.29 is 30.7 Å². The van der Waals surface area contributed by atoms with Gasteiger partial charge in [0.25, 0.3) is 0 Å². The lowest BCUT2D eigenvalue weighted by atomic mass is 10.2. The summed E-state index contributed by atoms with van der Waals surface area (Å²) in [6, 6.07) is 0.861. The van der Waals surface area contributed by atoms with E-state index in [1.165, 1.54) is 0 Å². The number of halogens is 8. The van der Waals surface area contributed by atoms with Crippen LogP contribution >= 0.6 is 23.4 Å². The van der Waals surface area contributed by atoms with Gasteiger partial charge in [0.05, 0.1) is 15.5 Å². The molecule has 0 radical (unpaired) electrons. The standard InChI is InChI=1S/C8H2ClF7S/c9-4-2-1-3(7(11,12)13)6(5(4)10)17-8(14,15)16/h1-2H. The molecule has 1 aromatic rings. The van der Waals surface area contributed by atoms with Crippen molar-refractivity contribution in [2.45, 2.75) is 16.6 Å². The molecule has 17 heavy (non-hydrogen) atoms. The summed E-state index contributed by atoms with van der Waals surface area (Å²) in [6.07, 6.45) is -5.08. The number of rotatable bonds is 1. The lowest BCUT2D eigenvalue weighted by Crippen LogP contribution is -2.11. The predicted octanol–water partition coefficient (Wildman–Crippen LogP) is 5.11. The molecule has 0 aromatic heterocycles. The van der Waals surface area contributed by atoms with Crippen LogP contribution in [0.3, 0.4) is 0 Å². The molecule has 0 N–H and O–H groups in total. The van der Waals surface area contributed by atoms with Gasteiger partial charge in [-0.3, -0.25) is 0 Å². The Morgan fingerprint density at radius 2 is 1.53 bits per heavy atom. The summed E-state index contributed by atoms with van der Waals surface area (Å²) in [5.74, 6) is -1.73. The van der Waals surface area contributed by atoms with Gasteiger partial charge in [0.2, 0.25) is 0 Å². The maximum atomic E-state index is 13.2. The lowest BCUT2D eigenvalue weighted by molar-refractivity contribution is -0.140. The first-order chi connectivity index (χ1) is 7.52. The highest BCUT2D eigenvalue weighted by Crippen LogP contribution is 2.46. The van der Waals surface area contributed by atoms with Crippen LogP contribution in [0.2, 0.25) is 5.02 Å². The fraction of sp³-hybridized carbons (Fsp3) is 0.250. The van der Waals surface area contributed by atoms with Crippen molar-refractivity contribution in [2.24, 2.45) is 0 Å². The molecule has 0 heterocycles. The fourth-order valence-corrected chi connectivity index (χ4v) is 1.91. The molecule has 0 fully saturated rings. The Labute approximate surface area is 99.7 Å². The van der Waals surface area contributed by atoms with Gasteiger partial charge in [0.15, 0.2) is 5.82 Å². The number of alkyl halides is 6. The third-order valence-corrected chi connectivity index (χ3v) is 2.70. The van der Waals surface area contributed by atoms with Gasteiger partial charge in [-0.05, 0) is 23.9 Å². The first kappa shape index (κ1) is 14.4. The van der Waals surface area contributed by atoms with Crippen LogP contribution in [0.25, 0.3) is 0 Å². The average Bonchev–Trinajstić information content (AvgIpc) is 2.08. The summed E-state index contributed by atoms with van der Waals surface area (Å²) < 4.78 is 86.2. The molecule has 0 saturated heterocycles. The summed E-state index contributed by atoms with van der Waals surface area (Å²) in [7, 11) is 0. The monoisotopic (exact) mass is 298 g/mol. The van der Waals surface area contributed by atoms with Gasteiger partial charge in [-0.25, -0.2) is 4.39 Å². The molecule has 1 aromatic carbocycles. The molecule has 0 aliphatic heterocycles. The topological polar surface area (TPSA) is 0 Å². The van der Waals surface area contributed by atoms with Gasteiger partial charge < -0.3 is 0 Å². The third kappa shape index (κ3) is 3.67. The van der Waals surface area contributed by atoms with Gasteiger partial charge in [-0.15, -0.1) is 0 Å². The van der Waals surface area contributed by atoms with Crippen molar-refractivity contribution in [1.29, 1.82) is 0 Å². The number of thioether (sulfide) groups is 1. The van der Waals surface area contributed by atoms with Crippen LogP contribution in [0.15, 0.2) is 17.0 Å². The van der Waals surface area contributed by atoms with Crippen LogP contribution in [0.1, 0.15) is 5.56 Å². The van der Waals surface area contributed by atoms with E-state index in [0.717, 1.165) is 0 Å². The maximum absolute atomic E-state index is 13.2. The van der Waals surface area contributed by atoms with Gasteiger partial charge in [-0.2, -0.15) is 26.3 Å². The highest BCUT2D eigenvalue weighted by atomic mass is 35.5. The zero-order valence-electron chi connectivity index (χ0n) is 7.59. The summed E-state index contributed by atoms with van der Waals surface area (Å²) in [5, 5.41) is -0.801. The smallest absolute Gasteiger partial charge is 0.204 e. The summed E-state index contributed by atoms with van der Waals surface area (Å²) >= 11 is 3.96. The molecular formula is C8H2ClF7S. The van der Waals surface area contributed by atoms with Crippen molar-refractivity contribution in [2.75, 3.05) is 0 Å². The van der Waals surface area contributed by atoms with Gasteiger partial charge in [0.1, 0.15) is 0 Å². The van der Waals surface area contributed by atoms with Crippen molar-refractivity contribution in [3.05, 3.63) is 28.5 Å². The van der Waals surface area contributed by atoms with Crippen molar-refractivity contribution in [3.63, 3.8) is 0 Å². The Hall–Kier alpha value is -0.630. The van der Waals surface area contributed by atoms with E-state index >= 15 is 0 Å². The molecule has 0 aliphatic carbocycles. The summed E-state index contributed by atoms with van der Waals surface area (Å²) in [4.78, 5) is -1.57. The maximum Gasteiger partial charge on any atom is 0.446 e. The van der Waals surface area contributed by atoms with E-state index in [4.69, 9.17) is 11.6 Å². The van der Waals surface area contributed by atoms with E-state index in [1.54, 1.807) is 0 Å². The summed E-state index contributed by atoms with van der Waals surface area (Å²) in [5.41, 5.74) is -6.74. The van der Waals surface area contributed by atoms with Crippen LogP contribution in [0.4, 0.5) is 30.7 Å². The number of benzene rings is 1. The van der Waals surface area contributed by atoms with E-state index < -0.39 is 44.7 Å². The molecule has 0 aliphatic rings. The zero-order chi connectivity index (χ0) is 13.4. The Bertz CT molecular complexity index is 423. The molecule has 0 atom stereocenters. The van der Waals surface area contributed by atoms with E-state index in [9.17, 15) is 30.7 Å². The van der Waals surface area contributed by atoms with Crippen molar-refractivity contribution in [1.82, 2.24) is 0 Å². The first-order valence-electron chi connectivity index (χ1n) is 3.83. The molecule has 0 nitrogen and oxygen atoms in total. The number of hydrogen-bond donors (Lipinski definition) is 0. The highest BCUT2D eigenvalue weighted by Gasteiger charge is 2.40. The fourth-order valence-electron chi connectivity index (χ4n) is 0.971. The lowest BCUT2D eigenvalue weighted by Gasteiger charge is -2.14. The van der Waals surface area contributed by atoms with Crippen LogP contribution in [0.5, 0.6) is 0 Å². The Morgan fingerprint density at radius 3 is 1.94 bits per heavy atom. The van der Waals surface area contributed by atoms with Crippen LogP contribution < -0.4 is 0 Å². The molecule has 0 saturated carbocycles. The minimum absolute atomic E-state index is 0.305. The zero-order valence-corrected chi connectivity index (χ0v) is 9.16. The minimum atomic E-state index is -5.08. The van der Waals surface area contributed by atoms with Gasteiger partial charge in [0, 0.05) is 0 Å². The van der Waals surface area contributed by atoms with E-state index in [2.05, 4.69) is 0 Å². The van der Waals surface area contributed by atoms with E-state index in [0.29, 0.717) is 12.1 Å². The average molecular weight is 299 g/mol. The van der Waals surface area contributed by atoms with Crippen molar-refractivity contribution in [3.8, 4) is 0 Å². The van der Waals surface area contributed by atoms with E-state index in [1.807, 2.05) is 0 Å². The minimum Gasteiger partial charge on any atom is -0.204 e. The molecule has 96 valence electrons. The Kier molecular flexibility index (Phi) is 3.87. The van der Waals surface area contributed by atoms with Gasteiger partial charge >= 0.3 is 11.7 Å². The SMILES string of the molecule is Fc1c(Cl)ccc(C(F)(F)F)c1SC(F)(F)F. The second kappa shape index (κ2) is 4.56. The third-order valence-electron chi connectivity index (χ3n) is 1.57. The van der Waals surface area contributed by atoms with Crippen LogP contribution in [-0.2, 0) is 6.18 Å². The Morgan fingerprint density at radius 1 is 1.00 bits per heavy atom. The first-order valence-corrected chi connectivity index (χ1v) is 5.03. The van der Waals surface area contributed by atoms with Crippen LogP contribution in [-0.4, -0.2) is 5.51 Å². The predicted molar refractivity (Wildman–Crippen MR) is 48.3 cm³/mol. The van der Waals surface area contributed by atoms with Gasteiger partial charge in [-0.1, -0.05) is 11.6 Å². The molecule has 0 amide bonds.